The van der Waals surface area contributed by atoms with Crippen molar-refractivity contribution in [2.24, 2.45) is 0 Å². The standard InChI is InChI=1S/C8H16BrNO3S/c1-4-8(2,6-9)10-7(11)5-14(3,12)13/h4-6H2,1-3H3,(H,10,11). The molecule has 1 N–H and O–H groups in total. The normalized spacial score (nSPS) is 16.0. The van der Waals surface area contributed by atoms with E-state index in [1.54, 1.807) is 0 Å². The first-order valence-electron chi connectivity index (χ1n) is 4.27. The van der Waals surface area contributed by atoms with Crippen molar-refractivity contribution in [2.45, 2.75) is 25.8 Å². The average Bonchev–Trinajstić information content (AvgIpc) is 2.00. The fraction of sp³-hybridized carbons (Fsp3) is 0.875. The Bertz CT molecular complexity index is 296. The van der Waals surface area contributed by atoms with Gasteiger partial charge in [-0.3, -0.25) is 4.79 Å². The van der Waals surface area contributed by atoms with Crippen LogP contribution >= 0.6 is 15.9 Å². The molecule has 1 unspecified atom stereocenters. The van der Waals surface area contributed by atoms with Gasteiger partial charge in [0.1, 0.15) is 5.75 Å². The van der Waals surface area contributed by atoms with Crippen LogP contribution in [0.15, 0.2) is 0 Å². The van der Waals surface area contributed by atoms with Gasteiger partial charge in [-0.05, 0) is 13.3 Å². The summed E-state index contributed by atoms with van der Waals surface area (Å²) < 4.78 is 21.7. The van der Waals surface area contributed by atoms with Crippen LogP contribution in [0.3, 0.4) is 0 Å². The third-order valence-corrected chi connectivity index (χ3v) is 3.93. The van der Waals surface area contributed by atoms with Crippen LogP contribution in [0.1, 0.15) is 20.3 Å². The first-order valence-corrected chi connectivity index (χ1v) is 7.45. The van der Waals surface area contributed by atoms with Crippen molar-refractivity contribution in [1.29, 1.82) is 0 Å². The molecule has 0 radical (unpaired) electrons. The highest BCUT2D eigenvalue weighted by molar-refractivity contribution is 9.09. The van der Waals surface area contributed by atoms with E-state index in [1.165, 1.54) is 0 Å². The van der Waals surface area contributed by atoms with Crippen molar-refractivity contribution in [3.63, 3.8) is 0 Å². The molecule has 0 aliphatic carbocycles. The first kappa shape index (κ1) is 13.9. The van der Waals surface area contributed by atoms with E-state index in [1.807, 2.05) is 13.8 Å². The third-order valence-electron chi connectivity index (χ3n) is 1.91. The van der Waals surface area contributed by atoms with Crippen LogP contribution in [0.4, 0.5) is 0 Å². The molecule has 0 bridgehead atoms. The fourth-order valence-electron chi connectivity index (χ4n) is 0.827. The Kier molecular flexibility index (Phi) is 5.08. The number of carbonyl (C=O) groups excluding carboxylic acids is 1. The molecule has 0 heterocycles. The van der Waals surface area contributed by atoms with Crippen molar-refractivity contribution in [3.05, 3.63) is 0 Å². The SMILES string of the molecule is CCC(C)(CBr)NC(=O)CS(C)(=O)=O. The highest BCUT2D eigenvalue weighted by Crippen LogP contribution is 2.12. The van der Waals surface area contributed by atoms with Gasteiger partial charge < -0.3 is 5.32 Å². The predicted octanol–water partition coefficient (Wildman–Crippen LogP) is 0.711. The van der Waals surface area contributed by atoms with Crippen molar-refractivity contribution < 1.29 is 13.2 Å². The summed E-state index contributed by atoms with van der Waals surface area (Å²) in [5.74, 6) is -0.897. The molecule has 6 heteroatoms. The summed E-state index contributed by atoms with van der Waals surface area (Å²) in [7, 11) is -3.24. The number of alkyl halides is 1. The summed E-state index contributed by atoms with van der Waals surface area (Å²) >= 11 is 3.28. The molecule has 0 fully saturated rings. The van der Waals surface area contributed by atoms with E-state index in [9.17, 15) is 13.2 Å². The van der Waals surface area contributed by atoms with Crippen LogP contribution < -0.4 is 5.32 Å². The maximum atomic E-state index is 11.3. The van der Waals surface area contributed by atoms with Gasteiger partial charge in [-0.2, -0.15) is 0 Å². The van der Waals surface area contributed by atoms with E-state index in [2.05, 4.69) is 21.2 Å². The Morgan fingerprint density at radius 2 is 2.00 bits per heavy atom. The van der Waals surface area contributed by atoms with E-state index >= 15 is 0 Å². The van der Waals surface area contributed by atoms with Gasteiger partial charge in [-0.1, -0.05) is 22.9 Å². The lowest BCUT2D eigenvalue weighted by atomic mass is 10.0. The van der Waals surface area contributed by atoms with Gasteiger partial charge in [0.15, 0.2) is 9.84 Å². The fourth-order valence-corrected chi connectivity index (χ4v) is 1.91. The van der Waals surface area contributed by atoms with Crippen LogP contribution in [0.5, 0.6) is 0 Å². The number of nitrogens with one attached hydrogen (secondary N) is 1. The highest BCUT2D eigenvalue weighted by Gasteiger charge is 2.24. The Morgan fingerprint density at radius 1 is 1.50 bits per heavy atom. The molecule has 84 valence electrons. The monoisotopic (exact) mass is 285 g/mol. The molecule has 1 amide bonds. The summed E-state index contributed by atoms with van der Waals surface area (Å²) in [6, 6.07) is 0. The number of hydrogen-bond acceptors (Lipinski definition) is 3. The zero-order valence-electron chi connectivity index (χ0n) is 8.63. The number of sulfone groups is 1. The molecule has 0 aromatic carbocycles. The zero-order valence-corrected chi connectivity index (χ0v) is 11.0. The van der Waals surface area contributed by atoms with E-state index in [-0.39, 0.29) is 5.54 Å². The van der Waals surface area contributed by atoms with Gasteiger partial charge in [0.2, 0.25) is 5.91 Å². The van der Waals surface area contributed by atoms with E-state index < -0.39 is 21.5 Å². The van der Waals surface area contributed by atoms with Crippen molar-refractivity contribution in [1.82, 2.24) is 5.32 Å². The summed E-state index contributed by atoms with van der Waals surface area (Å²) in [5.41, 5.74) is -0.373. The van der Waals surface area contributed by atoms with Crippen LogP contribution in [0.2, 0.25) is 0 Å². The Labute approximate surface area is 93.5 Å². The van der Waals surface area contributed by atoms with Crippen LogP contribution in [0, 0.1) is 0 Å². The Balaban J connectivity index is 4.32. The highest BCUT2D eigenvalue weighted by atomic mass is 79.9. The molecule has 0 saturated heterocycles. The molecule has 14 heavy (non-hydrogen) atoms. The molecule has 0 aromatic heterocycles. The molecule has 0 aromatic rings. The number of halogens is 1. The van der Waals surface area contributed by atoms with Crippen LogP contribution in [-0.2, 0) is 14.6 Å². The summed E-state index contributed by atoms with van der Waals surface area (Å²) in [6.07, 6.45) is 1.79. The molecule has 1 atom stereocenters. The third kappa shape index (κ3) is 5.59. The largest absolute Gasteiger partial charge is 0.349 e. The Hall–Kier alpha value is -0.100. The second-order valence-electron chi connectivity index (χ2n) is 3.67. The van der Waals surface area contributed by atoms with Gasteiger partial charge in [0.25, 0.3) is 0 Å². The molecule has 4 nitrogen and oxygen atoms in total. The van der Waals surface area contributed by atoms with Crippen molar-refractivity contribution >= 4 is 31.7 Å². The van der Waals surface area contributed by atoms with E-state index in [4.69, 9.17) is 0 Å². The number of hydrogen-bond donors (Lipinski definition) is 1. The van der Waals surface area contributed by atoms with Gasteiger partial charge in [-0.15, -0.1) is 0 Å². The quantitative estimate of drug-likeness (QED) is 0.757. The molecule has 0 saturated carbocycles. The lowest BCUT2D eigenvalue weighted by Crippen LogP contribution is -2.48. The smallest absolute Gasteiger partial charge is 0.235 e. The lowest BCUT2D eigenvalue weighted by Gasteiger charge is -2.27. The molecular weight excluding hydrogens is 270 g/mol. The second-order valence-corrected chi connectivity index (χ2v) is 6.37. The summed E-state index contributed by atoms with van der Waals surface area (Å²) in [6.45, 7) is 3.80. The molecular formula is C8H16BrNO3S. The topological polar surface area (TPSA) is 63.2 Å². The van der Waals surface area contributed by atoms with Gasteiger partial charge in [0.05, 0.1) is 0 Å². The van der Waals surface area contributed by atoms with Gasteiger partial charge >= 0.3 is 0 Å². The summed E-state index contributed by atoms with van der Waals surface area (Å²) in [4.78, 5) is 11.3. The van der Waals surface area contributed by atoms with E-state index in [0.717, 1.165) is 12.7 Å². The lowest BCUT2D eigenvalue weighted by molar-refractivity contribution is -0.120. The Morgan fingerprint density at radius 3 is 2.29 bits per heavy atom. The van der Waals surface area contributed by atoms with Gasteiger partial charge in [0, 0.05) is 17.1 Å². The summed E-state index contributed by atoms with van der Waals surface area (Å²) in [5, 5.41) is 3.29. The minimum atomic E-state index is -3.24. The second kappa shape index (κ2) is 5.11. The van der Waals surface area contributed by atoms with Crippen LogP contribution in [-0.4, -0.2) is 37.2 Å². The number of amides is 1. The maximum absolute atomic E-state index is 11.3. The average molecular weight is 286 g/mol. The van der Waals surface area contributed by atoms with Crippen molar-refractivity contribution in [2.75, 3.05) is 17.3 Å². The molecule has 0 spiro atoms. The predicted molar refractivity (Wildman–Crippen MR) is 60.3 cm³/mol. The molecule has 0 aliphatic heterocycles. The molecule has 0 rings (SSSR count). The first-order chi connectivity index (χ1) is 6.22. The van der Waals surface area contributed by atoms with Crippen LogP contribution in [0.25, 0.3) is 0 Å². The maximum Gasteiger partial charge on any atom is 0.235 e. The minimum absolute atomic E-state index is 0.373. The number of rotatable bonds is 5. The van der Waals surface area contributed by atoms with Crippen molar-refractivity contribution in [3.8, 4) is 0 Å². The van der Waals surface area contributed by atoms with E-state index in [0.29, 0.717) is 5.33 Å². The minimum Gasteiger partial charge on any atom is -0.349 e. The zero-order chi connectivity index (χ0) is 11.4. The molecule has 0 aliphatic rings. The number of carbonyl (C=O) groups is 1. The van der Waals surface area contributed by atoms with Gasteiger partial charge in [-0.25, -0.2) is 8.42 Å².